The Hall–Kier alpha value is -0.281. The van der Waals surface area contributed by atoms with E-state index in [4.69, 9.17) is 0 Å². The number of hydrogen-bond acceptors (Lipinski definition) is 0. The highest BCUT2D eigenvalue weighted by atomic mass is 28.4. The van der Waals surface area contributed by atoms with Crippen LogP contribution in [0.2, 0.25) is 51.4 Å². The summed E-state index contributed by atoms with van der Waals surface area (Å²) in [6, 6.07) is 1.49. The summed E-state index contributed by atoms with van der Waals surface area (Å²) >= 11 is 0. The molecule has 0 atom stereocenters. The maximum absolute atomic E-state index is 3.97. The van der Waals surface area contributed by atoms with Crippen LogP contribution < -0.4 is 0 Å². The van der Waals surface area contributed by atoms with E-state index in [2.05, 4.69) is 58.0 Å². The van der Waals surface area contributed by atoms with Crippen LogP contribution in [0.5, 0.6) is 0 Å². The Bertz CT molecular complexity index is 365. The molecule has 0 nitrogen and oxygen atoms in total. The summed E-state index contributed by atoms with van der Waals surface area (Å²) in [4.78, 5) is 1.97. The average Bonchev–Trinajstić information content (AvgIpc) is 2.25. The molecule has 0 aliphatic carbocycles. The molecule has 0 aromatic rings. The minimum atomic E-state index is -1.20. The van der Waals surface area contributed by atoms with Gasteiger partial charge in [0.1, 0.15) is 0 Å². The van der Waals surface area contributed by atoms with Crippen molar-refractivity contribution < 1.29 is 0 Å². The van der Waals surface area contributed by atoms with Gasteiger partial charge in [0.2, 0.25) is 0 Å². The molecule has 1 aliphatic rings. The van der Waals surface area contributed by atoms with Crippen molar-refractivity contribution >= 4 is 22.9 Å². The van der Waals surface area contributed by atoms with Crippen molar-refractivity contribution in [1.82, 2.24) is 0 Å². The molecule has 1 aliphatic heterocycles. The molecule has 0 N–H and O–H groups in total. The summed E-state index contributed by atoms with van der Waals surface area (Å²) in [6.45, 7) is 21.4. The molecule has 0 amide bonds. The molecule has 0 unspecified atom stereocenters. The largest absolute Gasteiger partial charge is 0.177 e. The lowest BCUT2D eigenvalue weighted by molar-refractivity contribution is 0.894. The predicted molar refractivity (Wildman–Crippen MR) is 97.7 cm³/mol. The van der Waals surface area contributed by atoms with E-state index in [-0.39, 0.29) is 0 Å². The maximum atomic E-state index is 3.97. The van der Waals surface area contributed by atoms with Gasteiger partial charge < -0.3 is 0 Å². The van der Waals surface area contributed by atoms with E-state index in [0.29, 0.717) is 6.71 Å². The molecule has 0 radical (unpaired) electrons. The Labute approximate surface area is 123 Å². The molecule has 0 fully saturated rings. The smallest absolute Gasteiger partial charge is 0.109 e. The molecule has 19 heavy (non-hydrogen) atoms. The van der Waals surface area contributed by atoms with Gasteiger partial charge in [-0.15, -0.1) is 18.6 Å². The third-order valence-electron chi connectivity index (χ3n) is 4.39. The Morgan fingerprint density at radius 3 is 2.11 bits per heavy atom. The Morgan fingerprint density at radius 2 is 1.68 bits per heavy atom. The van der Waals surface area contributed by atoms with E-state index in [1.807, 2.05) is 10.3 Å². The van der Waals surface area contributed by atoms with Gasteiger partial charge in [-0.3, -0.25) is 0 Å². The molecule has 0 bridgehead atoms. The second-order valence-electron chi connectivity index (χ2n) is 7.63. The summed E-state index contributed by atoms with van der Waals surface area (Å²) in [6.07, 6.45) is 9.20. The molecular weight excluding hydrogens is 259 g/mol. The van der Waals surface area contributed by atoms with Crippen LogP contribution in [0.4, 0.5) is 0 Å². The molecule has 0 saturated carbocycles. The zero-order valence-electron chi connectivity index (χ0n) is 13.7. The van der Waals surface area contributed by atoms with Gasteiger partial charge in [0, 0.05) is 0 Å². The fourth-order valence-corrected chi connectivity index (χ4v) is 16.4. The van der Waals surface area contributed by atoms with Crippen molar-refractivity contribution in [2.45, 2.75) is 64.3 Å². The van der Waals surface area contributed by atoms with Crippen molar-refractivity contribution in [3.05, 3.63) is 35.6 Å². The minimum Gasteiger partial charge on any atom is -0.109 e. The first kappa shape index (κ1) is 16.8. The van der Waals surface area contributed by atoms with E-state index >= 15 is 0 Å². The third-order valence-corrected chi connectivity index (χ3v) is 13.8. The zero-order chi connectivity index (χ0) is 14.7. The minimum absolute atomic E-state index is 0.684. The fourth-order valence-electron chi connectivity index (χ4n) is 4.09. The van der Waals surface area contributed by atoms with Crippen molar-refractivity contribution in [1.29, 1.82) is 0 Å². The van der Waals surface area contributed by atoms with Gasteiger partial charge in [-0.1, -0.05) is 74.8 Å². The van der Waals surface area contributed by atoms with Crippen molar-refractivity contribution in [2.24, 2.45) is 0 Å². The highest BCUT2D eigenvalue weighted by Gasteiger charge is 2.40. The molecule has 1 rings (SSSR count). The van der Waals surface area contributed by atoms with Gasteiger partial charge in [0.05, 0.1) is 16.1 Å². The van der Waals surface area contributed by atoms with Crippen molar-refractivity contribution in [2.75, 3.05) is 0 Å². The first-order valence-corrected chi connectivity index (χ1v) is 14.4. The van der Waals surface area contributed by atoms with E-state index in [1.54, 1.807) is 0 Å². The average molecular weight is 290 g/mol. The molecule has 106 valence electrons. The van der Waals surface area contributed by atoms with E-state index in [9.17, 15) is 0 Å². The van der Waals surface area contributed by atoms with Gasteiger partial charge in [-0.25, -0.2) is 0 Å². The van der Waals surface area contributed by atoms with Crippen LogP contribution in [0.15, 0.2) is 35.6 Å². The molecule has 0 spiro atoms. The summed E-state index contributed by atoms with van der Waals surface area (Å²) < 4.78 is 0. The zero-order valence-corrected chi connectivity index (χ0v) is 15.7. The maximum Gasteiger partial charge on any atom is 0.177 e. The quantitative estimate of drug-likeness (QED) is 0.441. The van der Waals surface area contributed by atoms with E-state index in [1.165, 1.54) is 18.9 Å². The van der Waals surface area contributed by atoms with Crippen LogP contribution in [0.1, 0.15) is 12.8 Å². The Kier molecular flexibility index (Phi) is 5.69. The fraction of sp³-hybridized carbons (Fsp3) is 0.625. The molecule has 0 aromatic heterocycles. The van der Waals surface area contributed by atoms with Crippen molar-refractivity contribution in [3.63, 3.8) is 0 Å². The van der Waals surface area contributed by atoms with Crippen LogP contribution in [0.3, 0.4) is 0 Å². The second kappa shape index (κ2) is 6.45. The summed E-state index contributed by atoms with van der Waals surface area (Å²) in [5.41, 5.74) is 1.82. The predicted octanol–water partition coefficient (Wildman–Crippen LogP) is 5.61. The SMILES string of the molecule is C=CCB(CC=C)C1=C([Si](C)(C)C)[Si](C)(C)CCC1. The standard InChI is InChI=1S/C16H31BSi2/c1-8-12-17(13-9-2)15-11-10-14-19(6,7)16(15)18(3,4)5/h8-9H,1-2,10-14H2,3-7H3. The number of rotatable bonds is 6. The normalized spacial score (nSPS) is 19.2. The van der Waals surface area contributed by atoms with Crippen LogP contribution in [-0.4, -0.2) is 22.9 Å². The molecule has 1 heterocycles. The van der Waals surface area contributed by atoms with Crippen LogP contribution in [-0.2, 0) is 0 Å². The lowest BCUT2D eigenvalue weighted by Gasteiger charge is -2.42. The topological polar surface area (TPSA) is 0 Å². The monoisotopic (exact) mass is 290 g/mol. The third kappa shape index (κ3) is 4.09. The van der Waals surface area contributed by atoms with Gasteiger partial charge in [0.15, 0.2) is 6.71 Å². The van der Waals surface area contributed by atoms with E-state index < -0.39 is 16.1 Å². The summed E-state index contributed by atoms with van der Waals surface area (Å²) in [5, 5.41) is 0. The number of allylic oxidation sites excluding steroid dienone is 3. The second-order valence-corrected chi connectivity index (χ2v) is 17.9. The summed E-state index contributed by atoms with van der Waals surface area (Å²) in [5.74, 6) is 0. The highest BCUT2D eigenvalue weighted by Crippen LogP contribution is 2.40. The van der Waals surface area contributed by atoms with Gasteiger partial charge in [-0.2, -0.15) is 0 Å². The van der Waals surface area contributed by atoms with Gasteiger partial charge >= 0.3 is 0 Å². The van der Waals surface area contributed by atoms with Gasteiger partial charge in [0.25, 0.3) is 0 Å². The molecule has 3 heteroatoms. The molecule has 0 saturated heterocycles. The molecular formula is C16H31BSi2. The molecule has 0 aromatic carbocycles. The summed E-state index contributed by atoms with van der Waals surface area (Å²) in [7, 11) is -2.37. The van der Waals surface area contributed by atoms with Crippen molar-refractivity contribution in [3.8, 4) is 0 Å². The first-order valence-electron chi connectivity index (χ1n) is 7.70. The first-order chi connectivity index (χ1) is 8.74. The van der Waals surface area contributed by atoms with Crippen LogP contribution in [0, 0.1) is 0 Å². The Balaban J connectivity index is 3.31. The van der Waals surface area contributed by atoms with Crippen LogP contribution in [0.25, 0.3) is 0 Å². The van der Waals surface area contributed by atoms with E-state index in [0.717, 1.165) is 12.6 Å². The highest BCUT2D eigenvalue weighted by molar-refractivity contribution is 7.06. The lowest BCUT2D eigenvalue weighted by Crippen LogP contribution is -2.47. The Morgan fingerprint density at radius 1 is 1.16 bits per heavy atom. The van der Waals surface area contributed by atoms with Gasteiger partial charge in [-0.05, 0) is 6.42 Å². The number of hydrogen-bond donors (Lipinski definition) is 0. The van der Waals surface area contributed by atoms with Crippen LogP contribution >= 0.6 is 0 Å². The lowest BCUT2D eigenvalue weighted by atomic mass is 9.39.